The summed E-state index contributed by atoms with van der Waals surface area (Å²) in [6.45, 7) is -1.06. The van der Waals surface area contributed by atoms with Crippen LogP contribution in [-0.4, -0.2) is 55.6 Å². The van der Waals surface area contributed by atoms with E-state index in [1.54, 1.807) is 97.1 Å². The molecule has 0 aliphatic heterocycles. The predicted octanol–water partition coefficient (Wildman–Crippen LogP) is 5.13. The molecular formula is C35H28O9. The first-order valence-corrected chi connectivity index (χ1v) is 13.5. The Bertz CT molecular complexity index is 1570. The Kier molecular flexibility index (Phi) is 11.4. The van der Waals surface area contributed by atoms with Gasteiger partial charge in [-0.15, -0.1) is 6.42 Å². The lowest BCUT2D eigenvalue weighted by Crippen LogP contribution is -2.42. The molecule has 4 aromatic rings. The second kappa shape index (κ2) is 16.1. The summed E-state index contributed by atoms with van der Waals surface area (Å²) < 4.78 is 27.9. The van der Waals surface area contributed by atoms with Crippen molar-refractivity contribution in [2.24, 2.45) is 0 Å². The van der Waals surface area contributed by atoms with Crippen LogP contribution in [0.5, 0.6) is 0 Å². The number of carbonyl (C=O) groups excluding carboxylic acids is 4. The van der Waals surface area contributed by atoms with Crippen molar-refractivity contribution in [1.82, 2.24) is 0 Å². The first-order valence-electron chi connectivity index (χ1n) is 13.5. The molecule has 0 saturated carbocycles. The average molecular weight is 593 g/mol. The molecule has 0 unspecified atom stereocenters. The number of terminal acetylenes is 1. The van der Waals surface area contributed by atoms with Crippen molar-refractivity contribution < 1.29 is 42.9 Å². The van der Waals surface area contributed by atoms with Crippen molar-refractivity contribution in [2.75, 3.05) is 13.2 Å². The molecule has 9 nitrogen and oxygen atoms in total. The zero-order chi connectivity index (χ0) is 31.1. The normalized spacial score (nSPS) is 12.4. The van der Waals surface area contributed by atoms with Crippen LogP contribution in [0.4, 0.5) is 0 Å². The summed E-state index contributed by atoms with van der Waals surface area (Å²) >= 11 is 0. The Morgan fingerprint density at radius 2 is 0.886 bits per heavy atom. The molecule has 0 spiro atoms. The number of hydrogen-bond acceptors (Lipinski definition) is 9. The summed E-state index contributed by atoms with van der Waals surface area (Å²) in [5.74, 6) is -0.606. The van der Waals surface area contributed by atoms with Gasteiger partial charge in [0.25, 0.3) is 0 Å². The molecule has 3 atom stereocenters. The van der Waals surface area contributed by atoms with Crippen molar-refractivity contribution >= 4 is 23.9 Å². The van der Waals surface area contributed by atoms with E-state index in [1.807, 2.05) is 0 Å². The van der Waals surface area contributed by atoms with Crippen LogP contribution < -0.4 is 0 Å². The van der Waals surface area contributed by atoms with E-state index in [9.17, 15) is 19.2 Å². The zero-order valence-corrected chi connectivity index (χ0v) is 23.4. The van der Waals surface area contributed by atoms with E-state index in [0.717, 1.165) is 0 Å². The summed E-state index contributed by atoms with van der Waals surface area (Å²) in [5, 5.41) is 0. The van der Waals surface area contributed by atoms with Gasteiger partial charge in [-0.25, -0.2) is 19.2 Å². The van der Waals surface area contributed by atoms with Crippen LogP contribution >= 0.6 is 0 Å². The molecule has 9 heteroatoms. The van der Waals surface area contributed by atoms with Crippen molar-refractivity contribution in [3.05, 3.63) is 144 Å². The highest BCUT2D eigenvalue weighted by Gasteiger charge is 2.32. The molecule has 222 valence electrons. The molecule has 4 aromatic carbocycles. The minimum absolute atomic E-state index is 0.201. The number of benzene rings is 4. The Morgan fingerprint density at radius 3 is 1.30 bits per heavy atom. The van der Waals surface area contributed by atoms with Crippen LogP contribution in [0.2, 0.25) is 0 Å². The van der Waals surface area contributed by atoms with Gasteiger partial charge in [-0.1, -0.05) is 78.7 Å². The van der Waals surface area contributed by atoms with E-state index in [-0.39, 0.29) is 22.3 Å². The molecular weight excluding hydrogens is 564 g/mol. The van der Waals surface area contributed by atoms with Crippen LogP contribution in [0.15, 0.2) is 121 Å². The highest BCUT2D eigenvalue weighted by molar-refractivity contribution is 5.91. The lowest BCUT2D eigenvalue weighted by molar-refractivity contribution is -0.185. The topological polar surface area (TPSA) is 114 Å². The molecule has 0 fully saturated rings. The Hall–Kier alpha value is -5.72. The first kappa shape index (κ1) is 31.2. The number of hydrogen-bond donors (Lipinski definition) is 0. The number of rotatable bonds is 13. The second-order valence-corrected chi connectivity index (χ2v) is 9.16. The van der Waals surface area contributed by atoms with Gasteiger partial charge in [-0.3, -0.25) is 0 Å². The van der Waals surface area contributed by atoms with Crippen LogP contribution in [0.1, 0.15) is 41.4 Å². The maximum atomic E-state index is 13.0. The summed E-state index contributed by atoms with van der Waals surface area (Å²) in [5.41, 5.74) is 0.934. The van der Waals surface area contributed by atoms with Gasteiger partial charge in [0.05, 0.1) is 22.3 Å². The van der Waals surface area contributed by atoms with Gasteiger partial charge in [-0.2, -0.15) is 0 Å². The zero-order valence-electron chi connectivity index (χ0n) is 23.4. The molecule has 0 aromatic heterocycles. The van der Waals surface area contributed by atoms with Crippen molar-refractivity contribution in [2.45, 2.75) is 18.5 Å². The molecule has 0 bridgehead atoms. The minimum atomic E-state index is -1.54. The Labute approximate surface area is 254 Å². The second-order valence-electron chi connectivity index (χ2n) is 9.16. The van der Waals surface area contributed by atoms with Gasteiger partial charge in [0.2, 0.25) is 6.29 Å². The maximum absolute atomic E-state index is 13.0. The van der Waals surface area contributed by atoms with Gasteiger partial charge < -0.3 is 23.7 Å². The standard InChI is InChI=1S/C35H28O9/c1-2-29(43-34(38)27-19-11-5-12-20-27)30(23-40-32(36)25-15-7-3-8-16-25)42-31(44-35(39)28-21-13-6-14-22-28)24-41-33(37)26-17-9-4-10-18-26/h1,3-22,29-31H,23-24H2/t29-,30+,31+/m0/s1. The maximum Gasteiger partial charge on any atom is 0.340 e. The van der Waals surface area contributed by atoms with E-state index < -0.39 is 55.6 Å². The minimum Gasteiger partial charge on any atom is -0.459 e. The van der Waals surface area contributed by atoms with Gasteiger partial charge in [-0.05, 0) is 48.5 Å². The van der Waals surface area contributed by atoms with Crippen LogP contribution in [-0.2, 0) is 23.7 Å². The summed E-state index contributed by atoms with van der Waals surface area (Å²) in [6, 6.07) is 32.5. The lowest BCUT2D eigenvalue weighted by atomic mass is 10.2. The molecule has 4 rings (SSSR count). The fourth-order valence-corrected chi connectivity index (χ4v) is 3.85. The molecule has 44 heavy (non-hydrogen) atoms. The first-order chi connectivity index (χ1) is 21.4. The highest BCUT2D eigenvalue weighted by atomic mass is 16.7. The van der Waals surface area contributed by atoms with E-state index in [4.69, 9.17) is 30.1 Å². The van der Waals surface area contributed by atoms with Gasteiger partial charge in [0.1, 0.15) is 12.7 Å². The molecule has 0 heterocycles. The van der Waals surface area contributed by atoms with Gasteiger partial charge >= 0.3 is 23.9 Å². The SMILES string of the molecule is C#C[C@H](OC(=O)c1ccccc1)[C@@H](COC(=O)c1ccccc1)O[C@@H](COC(=O)c1ccccc1)OC(=O)c1ccccc1. The smallest absolute Gasteiger partial charge is 0.340 e. The molecule has 0 N–H and O–H groups in total. The fourth-order valence-electron chi connectivity index (χ4n) is 3.85. The monoisotopic (exact) mass is 592 g/mol. The Morgan fingerprint density at radius 1 is 0.523 bits per heavy atom. The van der Waals surface area contributed by atoms with Gasteiger partial charge in [0.15, 0.2) is 12.7 Å². The predicted molar refractivity (Wildman–Crippen MR) is 158 cm³/mol. The van der Waals surface area contributed by atoms with E-state index in [1.165, 1.54) is 24.3 Å². The largest absolute Gasteiger partial charge is 0.459 e. The molecule has 0 aliphatic carbocycles. The van der Waals surface area contributed by atoms with Gasteiger partial charge in [0, 0.05) is 0 Å². The van der Waals surface area contributed by atoms with Crippen molar-refractivity contribution in [1.29, 1.82) is 0 Å². The molecule has 0 radical (unpaired) electrons. The molecule has 0 amide bonds. The Balaban J connectivity index is 1.57. The van der Waals surface area contributed by atoms with Crippen LogP contribution in [0.3, 0.4) is 0 Å². The number of ether oxygens (including phenoxy) is 5. The number of esters is 4. The van der Waals surface area contributed by atoms with Crippen molar-refractivity contribution in [3.8, 4) is 12.3 Å². The number of carbonyl (C=O) groups is 4. The van der Waals surface area contributed by atoms with E-state index in [0.29, 0.717) is 0 Å². The third kappa shape index (κ3) is 9.14. The average Bonchev–Trinajstić information content (AvgIpc) is 3.09. The van der Waals surface area contributed by atoms with Crippen LogP contribution in [0.25, 0.3) is 0 Å². The van der Waals surface area contributed by atoms with E-state index in [2.05, 4.69) is 5.92 Å². The van der Waals surface area contributed by atoms with Crippen molar-refractivity contribution in [3.63, 3.8) is 0 Å². The third-order valence-corrected chi connectivity index (χ3v) is 6.07. The summed E-state index contributed by atoms with van der Waals surface area (Å²) in [6.07, 6.45) is 1.45. The quantitative estimate of drug-likeness (QED) is 0.0902. The molecule has 0 saturated heterocycles. The highest BCUT2D eigenvalue weighted by Crippen LogP contribution is 2.16. The summed E-state index contributed by atoms with van der Waals surface area (Å²) in [4.78, 5) is 51.2. The molecule has 0 aliphatic rings. The fraction of sp³-hybridized carbons (Fsp3) is 0.143. The van der Waals surface area contributed by atoms with E-state index >= 15 is 0 Å². The summed E-state index contributed by atoms with van der Waals surface area (Å²) in [7, 11) is 0. The lowest BCUT2D eigenvalue weighted by Gasteiger charge is -2.27. The van der Waals surface area contributed by atoms with Crippen LogP contribution in [0, 0.1) is 12.3 Å². The third-order valence-electron chi connectivity index (χ3n) is 6.07.